The van der Waals surface area contributed by atoms with Gasteiger partial charge in [-0.1, -0.05) is 0 Å². The van der Waals surface area contributed by atoms with Crippen LogP contribution in [-0.2, 0) is 17.9 Å². The summed E-state index contributed by atoms with van der Waals surface area (Å²) in [4.78, 5) is 34.1. The second kappa shape index (κ2) is 6.73. The number of aromatic carboxylic acids is 1. The lowest BCUT2D eigenvalue weighted by atomic mass is 10.3. The molecule has 0 aliphatic carbocycles. The molecular weight excluding hydrogens is 304 g/mol. The van der Waals surface area contributed by atoms with E-state index in [-0.39, 0.29) is 35.9 Å². The number of carbonyl (C=O) groups is 3. The summed E-state index contributed by atoms with van der Waals surface area (Å²) in [6, 6.07) is 1.34. The van der Waals surface area contributed by atoms with Gasteiger partial charge >= 0.3 is 5.97 Å². The standard InChI is InChI=1S/C13H16N6O4/c1-2-19-11(12(14)21)9(7-15-19)16-10(20)4-6-18-5-3-8(17-18)13(22)23/h3,5,7H,2,4,6H2,1H3,(H2,14,21)(H,16,20)(H,22,23). The Morgan fingerprint density at radius 3 is 2.70 bits per heavy atom. The molecule has 2 rings (SSSR count). The fourth-order valence-corrected chi connectivity index (χ4v) is 2.01. The first-order valence-electron chi connectivity index (χ1n) is 6.84. The van der Waals surface area contributed by atoms with E-state index in [0.29, 0.717) is 6.54 Å². The molecule has 0 aliphatic rings. The van der Waals surface area contributed by atoms with E-state index in [1.54, 1.807) is 6.92 Å². The number of amides is 2. The molecule has 2 amide bonds. The van der Waals surface area contributed by atoms with E-state index in [4.69, 9.17) is 10.8 Å². The van der Waals surface area contributed by atoms with E-state index < -0.39 is 11.9 Å². The summed E-state index contributed by atoms with van der Waals surface area (Å²) in [6.07, 6.45) is 2.88. The van der Waals surface area contributed by atoms with Gasteiger partial charge in [0.25, 0.3) is 5.91 Å². The molecule has 0 atom stereocenters. The second-order valence-electron chi connectivity index (χ2n) is 4.65. The highest BCUT2D eigenvalue weighted by Crippen LogP contribution is 2.14. The molecule has 10 nitrogen and oxygen atoms in total. The molecule has 0 saturated heterocycles. The first-order valence-corrected chi connectivity index (χ1v) is 6.84. The number of aryl methyl sites for hydroxylation is 2. The third kappa shape index (κ3) is 3.73. The van der Waals surface area contributed by atoms with Crippen molar-refractivity contribution in [3.05, 3.63) is 29.8 Å². The topological polar surface area (TPSA) is 145 Å². The number of hydrogen-bond acceptors (Lipinski definition) is 5. The Kier molecular flexibility index (Phi) is 4.74. The molecule has 2 aromatic rings. The third-order valence-electron chi connectivity index (χ3n) is 3.07. The highest BCUT2D eigenvalue weighted by Gasteiger charge is 2.17. The molecule has 2 heterocycles. The van der Waals surface area contributed by atoms with Gasteiger partial charge in [0, 0.05) is 25.7 Å². The number of carboxylic acids is 1. The predicted molar refractivity (Wildman–Crippen MR) is 78.9 cm³/mol. The molecule has 0 spiro atoms. The van der Waals surface area contributed by atoms with Crippen LogP contribution in [0.1, 0.15) is 34.3 Å². The van der Waals surface area contributed by atoms with Crippen LogP contribution in [0.3, 0.4) is 0 Å². The zero-order chi connectivity index (χ0) is 17.0. The van der Waals surface area contributed by atoms with Gasteiger partial charge in [-0.25, -0.2) is 4.79 Å². The van der Waals surface area contributed by atoms with Gasteiger partial charge in [0.15, 0.2) is 5.69 Å². The quantitative estimate of drug-likeness (QED) is 0.651. The van der Waals surface area contributed by atoms with Gasteiger partial charge < -0.3 is 16.2 Å². The first-order chi connectivity index (χ1) is 10.9. The fourth-order valence-electron chi connectivity index (χ4n) is 2.01. The van der Waals surface area contributed by atoms with Crippen LogP contribution < -0.4 is 11.1 Å². The maximum atomic E-state index is 11.9. The summed E-state index contributed by atoms with van der Waals surface area (Å²) in [6.45, 7) is 2.44. The van der Waals surface area contributed by atoms with Crippen molar-refractivity contribution in [2.75, 3.05) is 5.32 Å². The molecule has 0 saturated carbocycles. The third-order valence-corrected chi connectivity index (χ3v) is 3.07. The molecule has 23 heavy (non-hydrogen) atoms. The van der Waals surface area contributed by atoms with Crippen molar-refractivity contribution in [2.45, 2.75) is 26.4 Å². The number of hydrogen-bond donors (Lipinski definition) is 3. The van der Waals surface area contributed by atoms with Crippen LogP contribution in [0.5, 0.6) is 0 Å². The maximum absolute atomic E-state index is 11.9. The Balaban J connectivity index is 1.98. The lowest BCUT2D eigenvalue weighted by Crippen LogP contribution is -2.21. The summed E-state index contributed by atoms with van der Waals surface area (Å²) in [7, 11) is 0. The zero-order valence-corrected chi connectivity index (χ0v) is 12.4. The Morgan fingerprint density at radius 2 is 2.13 bits per heavy atom. The van der Waals surface area contributed by atoms with Crippen LogP contribution in [0.15, 0.2) is 18.5 Å². The summed E-state index contributed by atoms with van der Waals surface area (Å²) in [5.74, 6) is -2.18. The number of primary amides is 1. The van der Waals surface area contributed by atoms with Crippen molar-refractivity contribution in [3.8, 4) is 0 Å². The number of anilines is 1. The Hall–Kier alpha value is -3.17. The highest BCUT2D eigenvalue weighted by atomic mass is 16.4. The number of carbonyl (C=O) groups excluding carboxylic acids is 2. The number of nitrogens with two attached hydrogens (primary N) is 1. The Labute approximate surface area is 130 Å². The fraction of sp³-hybridized carbons (Fsp3) is 0.308. The highest BCUT2D eigenvalue weighted by molar-refractivity contribution is 6.01. The van der Waals surface area contributed by atoms with E-state index in [0.717, 1.165) is 0 Å². The number of carboxylic acid groups (broad SMARTS) is 1. The Morgan fingerprint density at radius 1 is 1.39 bits per heavy atom. The van der Waals surface area contributed by atoms with Crippen LogP contribution in [0.4, 0.5) is 5.69 Å². The first kappa shape index (κ1) is 16.2. The number of nitrogens with one attached hydrogen (secondary N) is 1. The molecule has 0 fully saturated rings. The van der Waals surface area contributed by atoms with E-state index in [1.807, 2.05) is 0 Å². The SMILES string of the molecule is CCn1ncc(NC(=O)CCn2ccc(C(=O)O)n2)c1C(N)=O. The summed E-state index contributed by atoms with van der Waals surface area (Å²) in [5.41, 5.74) is 5.57. The van der Waals surface area contributed by atoms with Gasteiger partial charge in [-0.15, -0.1) is 0 Å². The van der Waals surface area contributed by atoms with E-state index >= 15 is 0 Å². The second-order valence-corrected chi connectivity index (χ2v) is 4.65. The van der Waals surface area contributed by atoms with Gasteiger partial charge in [-0.05, 0) is 13.0 Å². The van der Waals surface area contributed by atoms with Gasteiger partial charge in [-0.2, -0.15) is 10.2 Å². The molecule has 0 aromatic carbocycles. The van der Waals surface area contributed by atoms with Crippen molar-refractivity contribution in [3.63, 3.8) is 0 Å². The van der Waals surface area contributed by atoms with Crippen LogP contribution in [0, 0.1) is 0 Å². The normalized spacial score (nSPS) is 10.5. The van der Waals surface area contributed by atoms with E-state index in [9.17, 15) is 14.4 Å². The monoisotopic (exact) mass is 320 g/mol. The summed E-state index contributed by atoms with van der Waals surface area (Å²) >= 11 is 0. The molecule has 4 N–H and O–H groups in total. The van der Waals surface area contributed by atoms with Gasteiger partial charge in [0.2, 0.25) is 5.91 Å². The smallest absolute Gasteiger partial charge is 0.356 e. The van der Waals surface area contributed by atoms with E-state index in [1.165, 1.54) is 27.8 Å². The average Bonchev–Trinajstić information content (AvgIpc) is 3.11. The molecule has 2 aromatic heterocycles. The van der Waals surface area contributed by atoms with Crippen LogP contribution in [0.25, 0.3) is 0 Å². The predicted octanol–water partition coefficient (Wildman–Crippen LogP) is -0.0746. The molecule has 0 bridgehead atoms. The van der Waals surface area contributed by atoms with Crippen molar-refractivity contribution in [2.24, 2.45) is 5.73 Å². The van der Waals surface area contributed by atoms with Crippen molar-refractivity contribution >= 4 is 23.5 Å². The van der Waals surface area contributed by atoms with Crippen molar-refractivity contribution in [1.29, 1.82) is 0 Å². The molecular formula is C13H16N6O4. The van der Waals surface area contributed by atoms with Gasteiger partial charge in [-0.3, -0.25) is 19.0 Å². The minimum absolute atomic E-state index is 0.0518. The zero-order valence-electron chi connectivity index (χ0n) is 12.4. The largest absolute Gasteiger partial charge is 0.476 e. The average molecular weight is 320 g/mol. The molecule has 10 heteroatoms. The number of nitrogens with zero attached hydrogens (tertiary/aromatic N) is 4. The minimum Gasteiger partial charge on any atom is -0.476 e. The lowest BCUT2D eigenvalue weighted by Gasteiger charge is -2.06. The number of rotatable bonds is 7. The van der Waals surface area contributed by atoms with Crippen molar-refractivity contribution < 1.29 is 19.5 Å². The van der Waals surface area contributed by atoms with Gasteiger partial charge in [0.05, 0.1) is 11.9 Å². The maximum Gasteiger partial charge on any atom is 0.356 e. The van der Waals surface area contributed by atoms with Crippen LogP contribution in [-0.4, -0.2) is 42.5 Å². The molecule has 0 radical (unpaired) electrons. The van der Waals surface area contributed by atoms with Gasteiger partial charge in [0.1, 0.15) is 5.69 Å². The Bertz CT molecular complexity index is 747. The van der Waals surface area contributed by atoms with Crippen molar-refractivity contribution in [1.82, 2.24) is 19.6 Å². The van der Waals surface area contributed by atoms with E-state index in [2.05, 4.69) is 15.5 Å². The van der Waals surface area contributed by atoms with Crippen LogP contribution >= 0.6 is 0 Å². The minimum atomic E-state index is -1.13. The molecule has 0 unspecified atom stereocenters. The molecule has 122 valence electrons. The summed E-state index contributed by atoms with van der Waals surface area (Å²) < 4.78 is 2.75. The van der Waals surface area contributed by atoms with Crippen LogP contribution in [0.2, 0.25) is 0 Å². The molecule has 0 aliphatic heterocycles. The summed E-state index contributed by atoms with van der Waals surface area (Å²) in [5, 5.41) is 19.1. The lowest BCUT2D eigenvalue weighted by molar-refractivity contribution is -0.116. The number of aromatic nitrogens is 4.